The van der Waals surface area contributed by atoms with E-state index in [1.165, 1.54) is 5.56 Å². The molecule has 2 nitrogen and oxygen atoms in total. The molecule has 0 fully saturated rings. The van der Waals surface area contributed by atoms with Crippen molar-refractivity contribution in [2.24, 2.45) is 11.5 Å². The Morgan fingerprint density at radius 1 is 1.13 bits per heavy atom. The predicted octanol–water partition coefficient (Wildman–Crippen LogP) is 2.36. The Hall–Kier alpha value is -0.570. The molecule has 0 heterocycles. The molecule has 4 N–H and O–H groups in total. The molecule has 0 amide bonds. The molecule has 1 aromatic rings. The summed E-state index contributed by atoms with van der Waals surface area (Å²) in [4.78, 5) is 0. The second-order valence-electron chi connectivity index (χ2n) is 4.71. The van der Waals surface area contributed by atoms with Crippen molar-refractivity contribution in [2.75, 3.05) is 6.54 Å². The van der Waals surface area contributed by atoms with Gasteiger partial charge in [0.05, 0.1) is 0 Å². The molecule has 0 spiro atoms. The standard InChI is InChI=1S/C12H20N2.ClH/c1-12(2,3)10-6-4-9(5-7-10)11(14)8-13;/h4-7,11H,8,13-14H2,1-3H3;1H/t11-;/m1./s1. The minimum atomic E-state index is -0.0379. The molecule has 0 aliphatic carbocycles. The third-order valence-corrected chi connectivity index (χ3v) is 2.46. The summed E-state index contributed by atoms with van der Waals surface area (Å²) in [6.45, 7) is 7.09. The monoisotopic (exact) mass is 228 g/mol. The van der Waals surface area contributed by atoms with Gasteiger partial charge in [-0.05, 0) is 16.5 Å². The number of hydrogen-bond donors (Lipinski definition) is 2. The summed E-state index contributed by atoms with van der Waals surface area (Å²) in [6.07, 6.45) is 0. The summed E-state index contributed by atoms with van der Waals surface area (Å²) in [7, 11) is 0. The van der Waals surface area contributed by atoms with Gasteiger partial charge in [-0.25, -0.2) is 0 Å². The summed E-state index contributed by atoms with van der Waals surface area (Å²) in [5.74, 6) is 0. The molecule has 1 rings (SSSR count). The first-order valence-electron chi connectivity index (χ1n) is 5.01. The van der Waals surface area contributed by atoms with E-state index in [0.717, 1.165) is 5.56 Å². The summed E-state index contributed by atoms with van der Waals surface area (Å²) in [5, 5.41) is 0. The Morgan fingerprint density at radius 3 is 1.93 bits per heavy atom. The Bertz CT molecular complexity index is 287. The van der Waals surface area contributed by atoms with Gasteiger partial charge in [0.1, 0.15) is 0 Å². The van der Waals surface area contributed by atoms with Crippen molar-refractivity contribution in [3.05, 3.63) is 35.4 Å². The zero-order chi connectivity index (χ0) is 10.8. The van der Waals surface area contributed by atoms with Crippen LogP contribution in [0, 0.1) is 0 Å². The maximum atomic E-state index is 5.83. The van der Waals surface area contributed by atoms with Gasteiger partial charge >= 0.3 is 0 Å². The molecule has 0 saturated carbocycles. The summed E-state index contributed by atoms with van der Waals surface area (Å²) >= 11 is 0. The Kier molecular flexibility index (Phi) is 5.29. The lowest BCUT2D eigenvalue weighted by molar-refractivity contribution is 0.589. The summed E-state index contributed by atoms with van der Waals surface area (Å²) in [5.41, 5.74) is 14.0. The van der Waals surface area contributed by atoms with Crippen LogP contribution in [0.4, 0.5) is 0 Å². The molecule has 1 atom stereocenters. The van der Waals surface area contributed by atoms with Gasteiger partial charge in [-0.15, -0.1) is 12.4 Å². The zero-order valence-electron chi connectivity index (χ0n) is 9.66. The molecule has 0 saturated heterocycles. The van der Waals surface area contributed by atoms with E-state index in [1.807, 2.05) is 0 Å². The van der Waals surface area contributed by atoms with E-state index in [0.29, 0.717) is 6.54 Å². The second-order valence-corrected chi connectivity index (χ2v) is 4.71. The molecule has 3 heteroatoms. The van der Waals surface area contributed by atoms with Crippen LogP contribution in [0.25, 0.3) is 0 Å². The maximum Gasteiger partial charge on any atom is 0.0419 e. The highest BCUT2D eigenvalue weighted by atomic mass is 35.5. The quantitative estimate of drug-likeness (QED) is 0.817. The van der Waals surface area contributed by atoms with E-state index < -0.39 is 0 Å². The van der Waals surface area contributed by atoms with Gasteiger partial charge in [-0.1, -0.05) is 45.0 Å². The van der Waals surface area contributed by atoms with Crippen LogP contribution in [-0.2, 0) is 5.41 Å². The molecule has 0 unspecified atom stereocenters. The molecular formula is C12H21ClN2. The molecule has 0 aliphatic rings. The van der Waals surface area contributed by atoms with Crippen molar-refractivity contribution in [2.45, 2.75) is 32.2 Å². The average molecular weight is 229 g/mol. The number of rotatable bonds is 2. The molecule has 86 valence electrons. The molecule has 0 radical (unpaired) electrons. The van der Waals surface area contributed by atoms with Gasteiger partial charge in [-0.2, -0.15) is 0 Å². The topological polar surface area (TPSA) is 52.0 Å². The Morgan fingerprint density at radius 2 is 1.60 bits per heavy atom. The number of nitrogens with two attached hydrogens (primary N) is 2. The van der Waals surface area contributed by atoms with Gasteiger partial charge in [0, 0.05) is 12.6 Å². The van der Waals surface area contributed by atoms with E-state index in [1.54, 1.807) is 0 Å². The summed E-state index contributed by atoms with van der Waals surface area (Å²) in [6, 6.07) is 8.36. The fourth-order valence-electron chi connectivity index (χ4n) is 1.37. The lowest BCUT2D eigenvalue weighted by atomic mass is 9.86. The first-order valence-corrected chi connectivity index (χ1v) is 5.01. The van der Waals surface area contributed by atoms with Crippen LogP contribution < -0.4 is 11.5 Å². The van der Waals surface area contributed by atoms with Crippen LogP contribution in [0.3, 0.4) is 0 Å². The average Bonchev–Trinajstić information content (AvgIpc) is 2.15. The van der Waals surface area contributed by atoms with Crippen molar-refractivity contribution in [3.63, 3.8) is 0 Å². The molecule has 0 aromatic heterocycles. The summed E-state index contributed by atoms with van der Waals surface area (Å²) < 4.78 is 0. The highest BCUT2D eigenvalue weighted by Gasteiger charge is 2.13. The SMILES string of the molecule is CC(C)(C)c1ccc([C@H](N)CN)cc1.Cl. The first kappa shape index (κ1) is 14.4. The highest BCUT2D eigenvalue weighted by Crippen LogP contribution is 2.23. The van der Waals surface area contributed by atoms with Gasteiger partial charge in [-0.3, -0.25) is 0 Å². The van der Waals surface area contributed by atoms with Crippen LogP contribution in [0.1, 0.15) is 37.9 Å². The van der Waals surface area contributed by atoms with Crippen LogP contribution in [0.2, 0.25) is 0 Å². The van der Waals surface area contributed by atoms with Crippen LogP contribution >= 0.6 is 12.4 Å². The highest BCUT2D eigenvalue weighted by molar-refractivity contribution is 5.85. The van der Waals surface area contributed by atoms with Crippen LogP contribution in [0.15, 0.2) is 24.3 Å². The Labute approximate surface area is 98.5 Å². The van der Waals surface area contributed by atoms with Crippen molar-refractivity contribution < 1.29 is 0 Å². The van der Waals surface area contributed by atoms with Crippen molar-refractivity contribution in [1.82, 2.24) is 0 Å². The van der Waals surface area contributed by atoms with Crippen molar-refractivity contribution >= 4 is 12.4 Å². The van der Waals surface area contributed by atoms with Gasteiger partial charge < -0.3 is 11.5 Å². The van der Waals surface area contributed by atoms with E-state index in [4.69, 9.17) is 11.5 Å². The second kappa shape index (κ2) is 5.50. The van der Waals surface area contributed by atoms with E-state index >= 15 is 0 Å². The largest absolute Gasteiger partial charge is 0.329 e. The van der Waals surface area contributed by atoms with Gasteiger partial charge in [0.25, 0.3) is 0 Å². The lowest BCUT2D eigenvalue weighted by Gasteiger charge is -2.20. The van der Waals surface area contributed by atoms with Crippen LogP contribution in [0.5, 0.6) is 0 Å². The molecule has 15 heavy (non-hydrogen) atoms. The van der Waals surface area contributed by atoms with Crippen molar-refractivity contribution in [1.29, 1.82) is 0 Å². The maximum absolute atomic E-state index is 5.83. The number of hydrogen-bond acceptors (Lipinski definition) is 2. The molecule has 0 bridgehead atoms. The third kappa shape index (κ3) is 3.82. The van der Waals surface area contributed by atoms with E-state index in [-0.39, 0.29) is 23.9 Å². The Balaban J connectivity index is 0.00000196. The van der Waals surface area contributed by atoms with E-state index in [9.17, 15) is 0 Å². The predicted molar refractivity (Wildman–Crippen MR) is 68.4 cm³/mol. The minimum Gasteiger partial charge on any atom is -0.329 e. The number of halogens is 1. The van der Waals surface area contributed by atoms with Crippen LogP contribution in [-0.4, -0.2) is 6.54 Å². The first-order chi connectivity index (χ1) is 6.45. The number of benzene rings is 1. The van der Waals surface area contributed by atoms with Crippen molar-refractivity contribution in [3.8, 4) is 0 Å². The fourth-order valence-corrected chi connectivity index (χ4v) is 1.37. The molecule has 0 aliphatic heterocycles. The lowest BCUT2D eigenvalue weighted by Crippen LogP contribution is -2.21. The zero-order valence-corrected chi connectivity index (χ0v) is 10.5. The fraction of sp³-hybridized carbons (Fsp3) is 0.500. The van der Waals surface area contributed by atoms with Gasteiger partial charge in [0.2, 0.25) is 0 Å². The van der Waals surface area contributed by atoms with Gasteiger partial charge in [0.15, 0.2) is 0 Å². The molecule has 1 aromatic carbocycles. The minimum absolute atomic E-state index is 0. The third-order valence-electron chi connectivity index (χ3n) is 2.46. The normalized spacial score (nSPS) is 13.1. The smallest absolute Gasteiger partial charge is 0.0419 e. The molecular weight excluding hydrogens is 208 g/mol. The van der Waals surface area contributed by atoms with E-state index in [2.05, 4.69) is 45.0 Å².